The Hall–Kier alpha value is -0.840. The van der Waals surface area contributed by atoms with Crippen molar-refractivity contribution >= 4 is 93.8 Å². The molecule has 172 valence electrons. The molecule has 6 nitrogen and oxygen atoms in total. The molecule has 0 N–H and O–H groups in total. The molecular formula is C18H14Cl3O6PS4. The van der Waals surface area contributed by atoms with Gasteiger partial charge in [-0.3, -0.25) is 0 Å². The Bertz CT molecular complexity index is 1340. The second-order valence-corrected chi connectivity index (χ2v) is 19.5. The van der Waals surface area contributed by atoms with Crippen LogP contribution >= 0.6 is 50.8 Å². The molecule has 0 bridgehead atoms. The Morgan fingerprint density at radius 2 is 0.781 bits per heavy atom. The molecule has 0 aromatic heterocycles. The van der Waals surface area contributed by atoms with Crippen LogP contribution in [0.1, 0.15) is 0 Å². The topological polar surface area (TPSA) is 102 Å². The molecule has 3 aromatic carbocycles. The molecule has 14 heteroatoms. The summed E-state index contributed by atoms with van der Waals surface area (Å²) >= 11 is 4.94. The summed E-state index contributed by atoms with van der Waals surface area (Å²) < 4.78 is 71.5. The van der Waals surface area contributed by atoms with Gasteiger partial charge in [0, 0.05) is 0 Å². The molecule has 0 fully saturated rings. The Balaban J connectivity index is 2.41. The quantitative estimate of drug-likeness (QED) is 0.268. The summed E-state index contributed by atoms with van der Waals surface area (Å²) in [6, 6.07) is 17.1. The van der Waals surface area contributed by atoms with Crippen LogP contribution in [-0.2, 0) is 27.2 Å². The van der Waals surface area contributed by atoms with E-state index in [1.165, 1.54) is 54.6 Å². The van der Waals surface area contributed by atoms with E-state index in [0.717, 1.165) is 0 Å². The molecule has 0 aliphatic carbocycles. The third-order valence-electron chi connectivity index (χ3n) is 4.60. The molecule has 0 radical (unpaired) electrons. The van der Waals surface area contributed by atoms with Gasteiger partial charge < -0.3 is 0 Å². The molecule has 3 rings (SSSR count). The van der Waals surface area contributed by atoms with Gasteiger partial charge in [-0.2, -0.15) is 0 Å². The minimum absolute atomic E-state index is 0.190. The van der Waals surface area contributed by atoms with E-state index in [0.29, 0.717) is 15.9 Å². The maximum absolute atomic E-state index is 11.9. The van der Waals surface area contributed by atoms with Crippen molar-refractivity contribution < 1.29 is 25.3 Å². The van der Waals surface area contributed by atoms with Crippen LogP contribution in [0.2, 0.25) is 0 Å². The van der Waals surface area contributed by atoms with E-state index in [1.54, 1.807) is 18.2 Å². The zero-order chi connectivity index (χ0) is 23.9. The fraction of sp³-hybridized carbons (Fsp3) is 0. The minimum atomic E-state index is -4.09. The second kappa shape index (κ2) is 9.07. The van der Waals surface area contributed by atoms with Gasteiger partial charge in [-0.25, -0.2) is 0 Å². The number of hydrogen-bond acceptors (Lipinski definition) is 7. The second-order valence-electron chi connectivity index (χ2n) is 6.61. The summed E-state index contributed by atoms with van der Waals surface area (Å²) in [5, 5.41) is 1.24. The van der Waals surface area contributed by atoms with Crippen LogP contribution in [0.25, 0.3) is 0 Å². The summed E-state index contributed by atoms with van der Waals surface area (Å²) in [6.45, 7) is -3.48. The Kier molecular flexibility index (Phi) is 7.31. The molecule has 0 saturated carbocycles. The van der Waals surface area contributed by atoms with Crippen LogP contribution in [0.5, 0.6) is 0 Å². The zero-order valence-corrected chi connectivity index (χ0v) is 22.3. The molecule has 32 heavy (non-hydrogen) atoms. The monoisotopic (exact) mass is 590 g/mol. The van der Waals surface area contributed by atoms with E-state index in [1.807, 2.05) is 0 Å². The molecule has 0 unspecified atom stereocenters. The molecule has 0 saturated heterocycles. The van der Waals surface area contributed by atoms with E-state index >= 15 is 0 Å². The number of rotatable bonds is 6. The average molecular weight is 592 g/mol. The normalized spacial score (nSPS) is 13.6. The first kappa shape index (κ1) is 25.8. The van der Waals surface area contributed by atoms with Gasteiger partial charge in [0.15, 0.2) is 0 Å². The number of halogens is 3. The summed E-state index contributed by atoms with van der Waals surface area (Å²) in [5.41, 5.74) is 0. The van der Waals surface area contributed by atoms with Gasteiger partial charge >= 0.3 is 207 Å². The Morgan fingerprint density at radius 3 is 1.00 bits per heavy atom. The van der Waals surface area contributed by atoms with Crippen molar-refractivity contribution in [3.8, 4) is 0 Å². The van der Waals surface area contributed by atoms with Gasteiger partial charge in [0.05, 0.1) is 0 Å². The van der Waals surface area contributed by atoms with Crippen LogP contribution in [0, 0.1) is 0 Å². The predicted molar refractivity (Wildman–Crippen MR) is 135 cm³/mol. The van der Waals surface area contributed by atoms with Crippen molar-refractivity contribution in [3.05, 3.63) is 72.8 Å². The Morgan fingerprint density at radius 1 is 0.531 bits per heavy atom. The fourth-order valence-corrected chi connectivity index (χ4v) is 10.2. The van der Waals surface area contributed by atoms with E-state index in [4.69, 9.17) is 44.3 Å². The van der Waals surface area contributed by atoms with Crippen molar-refractivity contribution in [2.45, 2.75) is 14.7 Å². The molecular weight excluding hydrogens is 578 g/mol. The van der Waals surface area contributed by atoms with Crippen molar-refractivity contribution in [2.24, 2.45) is 0 Å². The molecule has 0 aliphatic heterocycles. The number of thiol groups is 1. The van der Waals surface area contributed by atoms with Gasteiger partial charge in [-0.05, 0) is 0 Å². The first-order valence-corrected chi connectivity index (χ1v) is 18.7. The summed E-state index contributed by atoms with van der Waals surface area (Å²) in [6.07, 6.45) is 0. The first-order valence-electron chi connectivity index (χ1n) is 8.51. The van der Waals surface area contributed by atoms with Crippen LogP contribution in [-0.4, -0.2) is 25.3 Å². The molecule has 3 aromatic rings. The van der Waals surface area contributed by atoms with E-state index in [9.17, 15) is 25.3 Å². The summed E-state index contributed by atoms with van der Waals surface area (Å²) in [7, 11) is 4.28. The van der Waals surface area contributed by atoms with Crippen LogP contribution in [0.3, 0.4) is 0 Å². The molecule has 0 amide bonds. The molecule has 0 atom stereocenters. The molecule has 0 aliphatic rings. The fourth-order valence-electron chi connectivity index (χ4n) is 3.12. The van der Waals surface area contributed by atoms with Crippen LogP contribution in [0.15, 0.2) is 87.5 Å². The standard InChI is InChI=1S/C18H14Cl3O6PS4/c19-30(22,23)16-7-1-4-13(10-16)28(29,14-5-2-8-17(11-14)31(20,24)25)15-6-3-9-18(12-15)32(21,26)27/h1-12,28-29H. The first-order chi connectivity index (χ1) is 14.6. The number of hydrogen-bond donors (Lipinski definition) is 1. The zero-order valence-electron chi connectivity index (χ0n) is 15.7. The van der Waals surface area contributed by atoms with Gasteiger partial charge in [-0.1, -0.05) is 0 Å². The van der Waals surface area contributed by atoms with E-state index in [-0.39, 0.29) is 14.7 Å². The van der Waals surface area contributed by atoms with Crippen molar-refractivity contribution in [3.63, 3.8) is 0 Å². The van der Waals surface area contributed by atoms with Crippen molar-refractivity contribution in [1.29, 1.82) is 0 Å². The van der Waals surface area contributed by atoms with E-state index < -0.39 is 33.6 Å². The SMILES string of the molecule is O=S(=O)(Cl)c1cccc([PH](S)(c2cccc(S(=O)(=O)Cl)c2)c2cccc(S(=O)(=O)Cl)c2)c1. The van der Waals surface area contributed by atoms with Gasteiger partial charge in [-0.15, -0.1) is 0 Å². The van der Waals surface area contributed by atoms with Crippen molar-refractivity contribution in [2.75, 3.05) is 0 Å². The molecule has 0 spiro atoms. The van der Waals surface area contributed by atoms with Crippen LogP contribution in [0.4, 0.5) is 0 Å². The average Bonchev–Trinajstić information content (AvgIpc) is 2.71. The summed E-state index contributed by atoms with van der Waals surface area (Å²) in [5.74, 6) is 0. The Labute approximate surface area is 205 Å². The van der Waals surface area contributed by atoms with E-state index in [2.05, 4.69) is 0 Å². The third kappa shape index (κ3) is 5.45. The maximum atomic E-state index is 11.9. The van der Waals surface area contributed by atoms with Crippen LogP contribution < -0.4 is 15.9 Å². The van der Waals surface area contributed by atoms with Gasteiger partial charge in [0.1, 0.15) is 0 Å². The van der Waals surface area contributed by atoms with Gasteiger partial charge in [0.25, 0.3) is 0 Å². The predicted octanol–water partition coefficient (Wildman–Crippen LogP) is 3.34. The van der Waals surface area contributed by atoms with Gasteiger partial charge in [0.2, 0.25) is 0 Å². The summed E-state index contributed by atoms with van der Waals surface area (Å²) in [4.78, 5) is -0.570. The number of benzene rings is 3. The third-order valence-corrected chi connectivity index (χ3v) is 14.4. The molecule has 0 heterocycles. The van der Waals surface area contributed by atoms with Crippen molar-refractivity contribution in [1.82, 2.24) is 0 Å².